The number of halogens is 2. The molecule has 0 spiro atoms. The maximum atomic E-state index is 14.7. The van der Waals surface area contributed by atoms with Gasteiger partial charge in [-0.25, -0.2) is 18.4 Å². The predicted molar refractivity (Wildman–Crippen MR) is 133 cm³/mol. The highest BCUT2D eigenvalue weighted by Crippen LogP contribution is 2.35. The Morgan fingerprint density at radius 2 is 1.73 bits per heavy atom. The quantitative estimate of drug-likeness (QED) is 0.326. The van der Waals surface area contributed by atoms with Crippen LogP contribution < -0.4 is 24.8 Å². The van der Waals surface area contributed by atoms with Gasteiger partial charge in [0.25, 0.3) is 0 Å². The summed E-state index contributed by atoms with van der Waals surface area (Å²) in [7, 11) is 5.70. The maximum absolute atomic E-state index is 14.7. The van der Waals surface area contributed by atoms with Gasteiger partial charge < -0.3 is 34.1 Å². The van der Waals surface area contributed by atoms with Crippen LogP contribution in [0.25, 0.3) is 0 Å². The number of anilines is 1. The van der Waals surface area contributed by atoms with Crippen molar-refractivity contribution in [1.82, 2.24) is 19.5 Å². The molecule has 3 rings (SSSR count). The van der Waals surface area contributed by atoms with Gasteiger partial charge in [-0.15, -0.1) is 0 Å². The van der Waals surface area contributed by atoms with Crippen molar-refractivity contribution >= 4 is 28.5 Å². The third-order valence-corrected chi connectivity index (χ3v) is 6.57. The molecule has 1 fully saturated rings. The van der Waals surface area contributed by atoms with Crippen molar-refractivity contribution in [3.63, 3.8) is 0 Å². The molecule has 14 heteroatoms. The first-order valence-corrected chi connectivity index (χ1v) is 12.3. The average molecular weight is 544 g/mol. The summed E-state index contributed by atoms with van der Waals surface area (Å²) in [5.41, 5.74) is -0.650. The summed E-state index contributed by atoms with van der Waals surface area (Å²) >= 11 is 0.772. The molecule has 1 aliphatic heterocycles. The lowest BCUT2D eigenvalue weighted by Crippen LogP contribution is -2.45. The van der Waals surface area contributed by atoms with E-state index in [1.165, 1.54) is 14.2 Å². The highest BCUT2D eigenvalue weighted by atomic mass is 32.1. The summed E-state index contributed by atoms with van der Waals surface area (Å²) in [6, 6.07) is 0.538. The van der Waals surface area contributed by atoms with Gasteiger partial charge in [-0.1, -0.05) is 0 Å². The third kappa shape index (κ3) is 7.17. The van der Waals surface area contributed by atoms with E-state index >= 15 is 0 Å². The Labute approximate surface area is 217 Å². The molecular formula is C23H31F2N5O6S. The number of hydrogen-bond donors (Lipinski definition) is 2. The van der Waals surface area contributed by atoms with Crippen molar-refractivity contribution in [2.24, 2.45) is 0 Å². The molecule has 11 nitrogen and oxygen atoms in total. The molecule has 1 aromatic heterocycles. The molecule has 2 aromatic rings. The zero-order chi connectivity index (χ0) is 26.9. The maximum Gasteiger partial charge on any atom is 0.346 e. The second kappa shape index (κ2) is 13.4. The lowest BCUT2D eigenvalue weighted by Gasteiger charge is -2.32. The van der Waals surface area contributed by atoms with E-state index in [-0.39, 0.29) is 27.9 Å². The molecule has 1 saturated heterocycles. The smallest absolute Gasteiger partial charge is 0.346 e. The summed E-state index contributed by atoms with van der Waals surface area (Å²) in [6.45, 7) is 4.69. The second-order valence-electron chi connectivity index (χ2n) is 8.24. The van der Waals surface area contributed by atoms with E-state index in [4.69, 9.17) is 18.9 Å². The fraction of sp³-hybridized carbons (Fsp3) is 0.522. The summed E-state index contributed by atoms with van der Waals surface area (Å²) in [4.78, 5) is 29.4. The van der Waals surface area contributed by atoms with Crippen LogP contribution >= 0.6 is 11.5 Å². The lowest BCUT2D eigenvalue weighted by molar-refractivity contribution is 0.0596. The molecule has 2 N–H and O–H groups in total. The molecule has 0 bridgehead atoms. The number of nitrogens with one attached hydrogen (secondary N) is 2. The zero-order valence-corrected chi connectivity index (χ0v) is 22.0. The molecule has 2 amide bonds. The van der Waals surface area contributed by atoms with Crippen molar-refractivity contribution in [2.75, 3.05) is 73.0 Å². The Kier molecular flexibility index (Phi) is 10.2. The number of urea groups is 1. The van der Waals surface area contributed by atoms with E-state index < -0.39 is 35.8 Å². The predicted octanol–water partition coefficient (Wildman–Crippen LogP) is 2.56. The number of rotatable bonds is 11. The first-order chi connectivity index (χ1) is 17.8. The van der Waals surface area contributed by atoms with Crippen LogP contribution in [0.4, 0.5) is 18.6 Å². The molecule has 204 valence electrons. The number of hydrogen-bond acceptors (Lipinski definition) is 10. The van der Waals surface area contributed by atoms with Crippen LogP contribution in [0, 0.1) is 11.6 Å². The number of ether oxygens (including phenoxy) is 4. The van der Waals surface area contributed by atoms with Crippen LogP contribution in [0.5, 0.6) is 17.4 Å². The molecule has 0 radical (unpaired) electrons. The summed E-state index contributed by atoms with van der Waals surface area (Å²) in [5, 5.41) is 5.38. The van der Waals surface area contributed by atoms with E-state index in [0.717, 1.165) is 63.9 Å². The molecule has 0 saturated carbocycles. The van der Waals surface area contributed by atoms with Crippen molar-refractivity contribution < 1.29 is 37.3 Å². The fourth-order valence-electron chi connectivity index (χ4n) is 3.67. The van der Waals surface area contributed by atoms with E-state index in [1.54, 1.807) is 0 Å². The van der Waals surface area contributed by atoms with E-state index in [2.05, 4.69) is 31.9 Å². The molecule has 1 aromatic carbocycles. The lowest BCUT2D eigenvalue weighted by atomic mass is 10.1. The number of carbonyl (C=O) groups excluding carboxylic acids is 2. The minimum atomic E-state index is -0.982. The van der Waals surface area contributed by atoms with Crippen molar-refractivity contribution in [3.8, 4) is 17.4 Å². The van der Waals surface area contributed by atoms with Crippen LogP contribution in [-0.4, -0.2) is 93.8 Å². The molecule has 37 heavy (non-hydrogen) atoms. The topological polar surface area (TPSA) is 114 Å². The van der Waals surface area contributed by atoms with Crippen LogP contribution in [0.2, 0.25) is 0 Å². The first kappa shape index (κ1) is 28.3. The van der Waals surface area contributed by atoms with Gasteiger partial charge in [0.2, 0.25) is 5.88 Å². The van der Waals surface area contributed by atoms with Gasteiger partial charge in [0.05, 0.1) is 26.9 Å². The van der Waals surface area contributed by atoms with Crippen molar-refractivity contribution in [2.45, 2.75) is 13.0 Å². The molecule has 1 aliphatic rings. The summed E-state index contributed by atoms with van der Waals surface area (Å²) in [6.07, 6.45) is 0.763. The average Bonchev–Trinajstić information content (AvgIpc) is 3.29. The number of carbonyl (C=O) groups is 2. The van der Waals surface area contributed by atoms with Gasteiger partial charge in [-0.3, -0.25) is 5.32 Å². The summed E-state index contributed by atoms with van der Waals surface area (Å²) in [5.74, 6) is -3.53. The number of piperazine rings is 1. The minimum Gasteiger partial charge on any atom is -0.494 e. The van der Waals surface area contributed by atoms with Gasteiger partial charge >= 0.3 is 12.0 Å². The molecule has 0 aliphatic carbocycles. The Bertz CT molecular complexity index is 1070. The van der Waals surface area contributed by atoms with Crippen molar-refractivity contribution in [3.05, 3.63) is 28.8 Å². The normalized spacial score (nSPS) is 14.2. The highest BCUT2D eigenvalue weighted by Gasteiger charge is 2.27. The van der Waals surface area contributed by atoms with E-state index in [9.17, 15) is 18.4 Å². The van der Waals surface area contributed by atoms with Crippen molar-refractivity contribution in [1.29, 1.82) is 0 Å². The number of benzene rings is 1. The monoisotopic (exact) mass is 543 g/mol. The van der Waals surface area contributed by atoms with Crippen LogP contribution in [0.15, 0.2) is 6.07 Å². The van der Waals surface area contributed by atoms with E-state index in [0.29, 0.717) is 6.54 Å². The largest absolute Gasteiger partial charge is 0.494 e. The van der Waals surface area contributed by atoms with E-state index in [1.807, 2.05) is 0 Å². The Morgan fingerprint density at radius 3 is 2.32 bits per heavy atom. The number of esters is 1. The number of amides is 2. The van der Waals surface area contributed by atoms with Crippen LogP contribution in [0.3, 0.4) is 0 Å². The number of methoxy groups -OCH3 is 3. The zero-order valence-electron chi connectivity index (χ0n) is 21.2. The number of likely N-dealkylation sites (N-methyl/N-ethyl adjacent to an activating group) is 1. The Hall–Kier alpha value is -3.23. The fourth-order valence-corrected chi connectivity index (χ4v) is 4.39. The molecule has 0 atom stereocenters. The van der Waals surface area contributed by atoms with Gasteiger partial charge in [-0.05, 0) is 31.5 Å². The van der Waals surface area contributed by atoms with Gasteiger partial charge in [0, 0.05) is 38.8 Å². The standard InChI is InChI=1S/C23H31F2N5O6S/c1-29-8-10-30(11-9-29)7-5-6-26-23(32)27-21-17(22(31)35-4)20(28-37-21)36-13-14-18(24)15(33-2)12-16(34-3)19(14)25/h12H,5-11,13H2,1-4H3,(H2,26,27,32). The van der Waals surface area contributed by atoms with Gasteiger partial charge in [0.1, 0.15) is 11.6 Å². The molecule has 2 heterocycles. The van der Waals surface area contributed by atoms with Gasteiger partial charge in [0.15, 0.2) is 28.7 Å². The minimum absolute atomic E-state index is 0.0718. The summed E-state index contributed by atoms with van der Waals surface area (Å²) < 4.78 is 53.4. The Balaban J connectivity index is 1.63. The first-order valence-electron chi connectivity index (χ1n) is 11.5. The molecule has 0 unspecified atom stereocenters. The second-order valence-corrected chi connectivity index (χ2v) is 9.01. The third-order valence-electron chi connectivity index (χ3n) is 5.83. The molecular weight excluding hydrogens is 512 g/mol. The highest BCUT2D eigenvalue weighted by molar-refractivity contribution is 7.11. The van der Waals surface area contributed by atoms with Gasteiger partial charge in [-0.2, -0.15) is 4.37 Å². The van der Waals surface area contributed by atoms with Crippen LogP contribution in [0.1, 0.15) is 22.3 Å². The van der Waals surface area contributed by atoms with Crippen LogP contribution in [-0.2, 0) is 11.3 Å². The SMILES string of the molecule is COC(=O)c1c(OCc2c(F)c(OC)cc(OC)c2F)nsc1NC(=O)NCCCN1CCN(C)CC1. The number of aromatic nitrogens is 1. The Morgan fingerprint density at radius 1 is 1.08 bits per heavy atom. The number of nitrogens with zero attached hydrogens (tertiary/aromatic N) is 3.